The molecule has 27 nitrogen and oxygen atoms in total. The number of carbonyl (C=O) groups excluding carboxylic acids is 9. The topological polar surface area (TPSA) is 237 Å². The molecule has 0 radical (unpaired) electrons. The lowest BCUT2D eigenvalue weighted by atomic mass is 9.97. The minimum absolute atomic E-state index is 0.0162. The van der Waals surface area contributed by atoms with E-state index in [1.807, 2.05) is 96.9 Å². The zero-order valence-corrected chi connectivity index (χ0v) is 104. The molecule has 2 atom stereocenters. The van der Waals surface area contributed by atoms with Crippen molar-refractivity contribution in [3.05, 3.63) is 0 Å². The summed E-state index contributed by atoms with van der Waals surface area (Å²) in [7, 11) is 12.4. The van der Waals surface area contributed by atoms with Gasteiger partial charge in [-0.2, -0.15) is 0 Å². The van der Waals surface area contributed by atoms with Gasteiger partial charge in [-0.25, -0.2) is 0 Å². The maximum absolute atomic E-state index is 11.6. The van der Waals surface area contributed by atoms with E-state index in [0.29, 0.717) is 78.7 Å². The standard InChI is InChI=1S/C16H34NO2.2C15H32NO2.C14H30NO2.2C13H28NO2.C12H26NO2.C10H22NO2.C9H20NO2/c1-5-9-11-16(18)19-15-14-17(8-4,12-7-3)13-10-6-2;1-6-9-11-16(8-3,10-7-2)12-13-18-15(17)14(4)5;1-5-9-10-15(17)18-14-13-16(8-4,11-6-2)12-7-3;1-6-9-15(8-3,10-7-2)11-12-17-14(16)13(4)5;1-7-14(8-2,9-3)10-11-16-12(15)13(4,5)6;1-5-9-10-13(15)16-12-11-14(6-2,7-3)8-4;1-6-13(7-2,8-3)9-10-15-12(14)11(4)5;1-10(2,3)9(12)13-8-7-11(4,5)6;1-8(2)9(11)12-7-6-10(3,4)5/h5-15H2,1-4H3;14H,6-13H2,1-5H3;5-14H2,1-4H3;13H,6-12H2,1-5H3;7-11H2,1-6H3;5-12H2,1-4H3;11H,6-10H2,1-5H3;7-8H2,1-6H3;8H,6-7H2,1-5H3/q9*+1. The van der Waals surface area contributed by atoms with Crippen LogP contribution in [0.15, 0.2) is 0 Å². The number of hydrogen-bond donors (Lipinski definition) is 0. The molecule has 0 aliphatic heterocycles. The molecule has 0 saturated carbocycles. The Morgan fingerprint density at radius 1 is 0.188 bits per heavy atom. The van der Waals surface area contributed by atoms with Crippen LogP contribution in [0.2, 0.25) is 0 Å². The molecule has 27 heteroatoms. The van der Waals surface area contributed by atoms with Crippen LogP contribution < -0.4 is 0 Å². The number of esters is 9. The lowest BCUT2D eigenvalue weighted by molar-refractivity contribution is -0.927. The Morgan fingerprint density at radius 3 is 0.493 bits per heavy atom. The summed E-state index contributed by atoms with van der Waals surface area (Å²) < 4.78 is 56.4. The molecule has 0 spiro atoms. The second-order valence-electron chi connectivity index (χ2n) is 45.1. The summed E-state index contributed by atoms with van der Waals surface area (Å²) >= 11 is 0. The van der Waals surface area contributed by atoms with Gasteiger partial charge in [-0.15, -0.1) is 0 Å². The van der Waals surface area contributed by atoms with Crippen molar-refractivity contribution in [1.82, 2.24) is 0 Å². The molecule has 144 heavy (non-hydrogen) atoms. The van der Waals surface area contributed by atoms with Crippen LogP contribution in [0, 0.1) is 34.5 Å². The van der Waals surface area contributed by atoms with Crippen molar-refractivity contribution < 1.29 is 126 Å². The predicted octanol–water partition coefficient (Wildman–Crippen LogP) is 22.5. The fourth-order valence-electron chi connectivity index (χ4n) is 16.0. The van der Waals surface area contributed by atoms with Crippen LogP contribution in [0.5, 0.6) is 0 Å². The van der Waals surface area contributed by atoms with Gasteiger partial charge in [0.15, 0.2) is 0 Å². The van der Waals surface area contributed by atoms with Crippen molar-refractivity contribution in [2.24, 2.45) is 34.5 Å². The molecular formula is C117H252N9O18+9. The average Bonchev–Trinajstić information content (AvgIpc) is 0.901. The van der Waals surface area contributed by atoms with Gasteiger partial charge in [0.05, 0.1) is 214 Å². The van der Waals surface area contributed by atoms with Crippen molar-refractivity contribution in [2.45, 2.75) is 385 Å². The van der Waals surface area contributed by atoms with Crippen molar-refractivity contribution in [2.75, 3.05) is 298 Å². The van der Waals surface area contributed by atoms with Crippen molar-refractivity contribution >= 4 is 53.7 Å². The highest BCUT2D eigenvalue weighted by molar-refractivity contribution is 5.76. The lowest BCUT2D eigenvalue weighted by Crippen LogP contribution is -2.51. The van der Waals surface area contributed by atoms with Gasteiger partial charge in [0.2, 0.25) is 0 Å². The first-order valence-electron chi connectivity index (χ1n) is 58.2. The fraction of sp³-hybridized carbons (Fsp3) is 0.923. The van der Waals surface area contributed by atoms with Crippen LogP contribution in [0.1, 0.15) is 385 Å². The van der Waals surface area contributed by atoms with Crippen LogP contribution in [-0.4, -0.2) is 392 Å². The fourth-order valence-corrected chi connectivity index (χ4v) is 16.0. The van der Waals surface area contributed by atoms with E-state index in [1.54, 1.807) is 0 Å². The molecule has 0 bridgehead atoms. The smallest absolute Gasteiger partial charge is 0.311 e. The second kappa shape index (κ2) is 92.8. The quantitative estimate of drug-likeness (QED) is 0.0312. The molecule has 0 aliphatic rings. The number of likely N-dealkylation sites (N-methyl/N-ethyl adjacent to an activating group) is 9. The molecule has 864 valence electrons. The van der Waals surface area contributed by atoms with Crippen LogP contribution in [0.4, 0.5) is 0 Å². The SMILES string of the molecule is CC(C)(C)C(=O)OCC[N+](C)(C)C.CC(C)C(=O)OCC[N+](C)(C)C.CCCCC(=O)OCC[N+](CC)(CC)CC.CCCCC(=O)OCC[N+](CC)(CCC)CCC.CCCCC(=O)OCC[N+](CC)(CCC)CCCC.CCCC[N+](CC)(CCC)CCOC(=O)C(C)C.CCC[N+](CC)(CCC)CCOC(=O)C(C)C.CC[N+](CC)(CC)CCOC(=O)C(C)(C)C.CC[N+](CC)(CC)CCOC(=O)C(C)C. The Balaban J connectivity index is -0.000000204. The molecule has 0 fully saturated rings. The summed E-state index contributed by atoms with van der Waals surface area (Å²) in [6.45, 7) is 116. The number of rotatable bonds is 71. The van der Waals surface area contributed by atoms with Gasteiger partial charge in [-0.3, -0.25) is 43.2 Å². The van der Waals surface area contributed by atoms with E-state index in [2.05, 4.69) is 208 Å². The highest BCUT2D eigenvalue weighted by Crippen LogP contribution is 2.20. The predicted molar refractivity (Wildman–Crippen MR) is 605 cm³/mol. The van der Waals surface area contributed by atoms with E-state index in [0.717, 1.165) is 223 Å². The molecule has 0 amide bonds. The Kier molecular flexibility index (Phi) is 101. The minimum atomic E-state index is -0.389. The van der Waals surface area contributed by atoms with Gasteiger partial charge < -0.3 is 83.0 Å². The Bertz CT molecular complexity index is 3020. The molecule has 2 unspecified atom stereocenters. The third-order valence-corrected chi connectivity index (χ3v) is 27.9. The Morgan fingerprint density at radius 2 is 0.340 bits per heavy atom. The van der Waals surface area contributed by atoms with Gasteiger partial charge in [-0.05, 0) is 202 Å². The van der Waals surface area contributed by atoms with E-state index in [4.69, 9.17) is 42.6 Å². The third kappa shape index (κ3) is 86.5. The van der Waals surface area contributed by atoms with Crippen LogP contribution in [0.25, 0.3) is 0 Å². The Hall–Kier alpha value is -5.13. The van der Waals surface area contributed by atoms with E-state index < -0.39 is 0 Å². The van der Waals surface area contributed by atoms with E-state index in [1.165, 1.54) is 117 Å². The van der Waals surface area contributed by atoms with Gasteiger partial charge >= 0.3 is 53.7 Å². The first-order chi connectivity index (χ1) is 67.2. The van der Waals surface area contributed by atoms with E-state index in [-0.39, 0.29) is 88.2 Å². The summed E-state index contributed by atoms with van der Waals surface area (Å²) in [6, 6.07) is 0. The first kappa shape index (κ1) is 157. The zero-order chi connectivity index (χ0) is 113. The molecule has 0 rings (SSSR count). The van der Waals surface area contributed by atoms with Crippen LogP contribution in [0.3, 0.4) is 0 Å². The summed E-state index contributed by atoms with van der Waals surface area (Å²) in [4.78, 5) is 102. The Labute approximate surface area is 892 Å². The number of quaternary nitrogens is 9. The normalized spacial score (nSPS) is 12.6. The highest BCUT2D eigenvalue weighted by atomic mass is 16.6. The van der Waals surface area contributed by atoms with Gasteiger partial charge in [0, 0.05) is 19.3 Å². The third-order valence-electron chi connectivity index (χ3n) is 27.9. The molecular weight excluding hydrogens is 1820 g/mol. The van der Waals surface area contributed by atoms with Crippen molar-refractivity contribution in [3.63, 3.8) is 0 Å². The van der Waals surface area contributed by atoms with Gasteiger partial charge in [-0.1, -0.05) is 164 Å². The number of carbonyl (C=O) groups is 9. The monoisotopic (exact) mass is 2070 g/mol. The van der Waals surface area contributed by atoms with Gasteiger partial charge in [0.25, 0.3) is 0 Å². The summed E-state index contributed by atoms with van der Waals surface area (Å²) in [6.07, 6.45) is 19.8. The summed E-state index contributed by atoms with van der Waals surface area (Å²) in [5.74, 6) is -0.732. The molecule has 0 aromatic rings. The summed E-state index contributed by atoms with van der Waals surface area (Å²) in [5.41, 5.74) is -0.773. The van der Waals surface area contributed by atoms with E-state index in [9.17, 15) is 43.2 Å². The molecule has 0 N–H and O–H groups in total. The van der Waals surface area contributed by atoms with Crippen molar-refractivity contribution in [1.29, 1.82) is 0 Å². The molecule has 0 aromatic carbocycles. The summed E-state index contributed by atoms with van der Waals surface area (Å²) in [5, 5.41) is 0. The first-order valence-corrected chi connectivity index (χ1v) is 58.2. The highest BCUT2D eigenvalue weighted by Gasteiger charge is 2.32. The molecule has 0 aromatic heterocycles. The molecule has 0 heterocycles. The minimum Gasteiger partial charge on any atom is -0.460 e. The van der Waals surface area contributed by atoms with Crippen LogP contribution in [-0.2, 0) is 85.8 Å². The average molecular weight is 2070 g/mol. The maximum Gasteiger partial charge on any atom is 0.311 e. The number of unbranched alkanes of at least 4 members (excludes halogenated alkanes) is 5. The number of nitrogens with zero attached hydrogens (tertiary/aromatic N) is 9. The zero-order valence-electron chi connectivity index (χ0n) is 104. The maximum atomic E-state index is 11.6. The number of ether oxygens (including phenoxy) is 9. The van der Waals surface area contributed by atoms with Crippen LogP contribution >= 0.6 is 0 Å². The molecule has 0 aliphatic carbocycles. The lowest BCUT2D eigenvalue weighted by Gasteiger charge is -2.37. The largest absolute Gasteiger partial charge is 0.460 e. The van der Waals surface area contributed by atoms with Crippen molar-refractivity contribution in [3.8, 4) is 0 Å². The number of hydrogen-bond acceptors (Lipinski definition) is 18. The van der Waals surface area contributed by atoms with E-state index >= 15 is 0 Å². The second-order valence-corrected chi connectivity index (χ2v) is 45.1. The molecule has 0 saturated heterocycles. The van der Waals surface area contributed by atoms with Gasteiger partial charge in [0.1, 0.15) is 118 Å².